The topological polar surface area (TPSA) is 37.3 Å². The van der Waals surface area contributed by atoms with Gasteiger partial charge in [-0.2, -0.15) is 0 Å². The Hall–Kier alpha value is -0.0500. The Morgan fingerprint density at radius 3 is 2.64 bits per heavy atom. The first-order valence-corrected chi connectivity index (χ1v) is 4.89. The Kier molecular flexibility index (Phi) is 2.93. The molecule has 3 heteroatoms. The van der Waals surface area contributed by atoms with Gasteiger partial charge in [-0.15, -0.1) is 0 Å². The largest absolute Gasteiger partial charge is 0.481 e. The number of rotatable bonds is 1. The highest BCUT2D eigenvalue weighted by molar-refractivity contribution is 9.09. The van der Waals surface area contributed by atoms with E-state index in [-0.39, 0.29) is 10.7 Å². The molecule has 0 radical (unpaired) electrons. The van der Waals surface area contributed by atoms with E-state index in [0.29, 0.717) is 5.92 Å². The molecule has 0 heterocycles. The van der Waals surface area contributed by atoms with E-state index in [0.717, 1.165) is 19.3 Å². The first-order valence-electron chi connectivity index (χ1n) is 3.98. The summed E-state index contributed by atoms with van der Waals surface area (Å²) in [4.78, 5) is 10.8. The van der Waals surface area contributed by atoms with Crippen LogP contribution in [0.1, 0.15) is 26.2 Å². The van der Waals surface area contributed by atoms with Crippen LogP contribution in [0.15, 0.2) is 0 Å². The number of aliphatic carboxylic acids is 1. The Bertz CT molecular complexity index is 158. The molecule has 1 saturated carbocycles. The maximum Gasteiger partial charge on any atom is 0.307 e. The average Bonchev–Trinajstić information content (AvgIpc) is 1.85. The Morgan fingerprint density at radius 1 is 1.55 bits per heavy atom. The molecule has 1 fully saturated rings. The minimum absolute atomic E-state index is 0.161. The van der Waals surface area contributed by atoms with Crippen molar-refractivity contribution in [1.29, 1.82) is 0 Å². The van der Waals surface area contributed by atoms with Crippen LogP contribution in [0.25, 0.3) is 0 Å². The van der Waals surface area contributed by atoms with Crippen LogP contribution in [0, 0.1) is 11.8 Å². The van der Waals surface area contributed by atoms with Crippen LogP contribution < -0.4 is 0 Å². The first kappa shape index (κ1) is 9.04. The monoisotopic (exact) mass is 220 g/mol. The van der Waals surface area contributed by atoms with Crippen molar-refractivity contribution in [2.45, 2.75) is 31.0 Å². The van der Waals surface area contributed by atoms with Crippen LogP contribution in [0.4, 0.5) is 0 Å². The van der Waals surface area contributed by atoms with Gasteiger partial charge in [-0.3, -0.25) is 4.79 Å². The molecule has 0 aromatic carbocycles. The molecule has 0 spiro atoms. The Morgan fingerprint density at radius 2 is 2.18 bits per heavy atom. The zero-order chi connectivity index (χ0) is 8.43. The lowest BCUT2D eigenvalue weighted by molar-refractivity contribution is -0.142. The van der Waals surface area contributed by atoms with E-state index in [2.05, 4.69) is 22.9 Å². The lowest BCUT2D eigenvalue weighted by Crippen LogP contribution is -2.30. The number of hydrogen-bond donors (Lipinski definition) is 1. The maximum absolute atomic E-state index is 10.6. The summed E-state index contributed by atoms with van der Waals surface area (Å²) in [5, 5.41) is 8.76. The predicted molar refractivity (Wildman–Crippen MR) is 46.9 cm³/mol. The molecule has 0 amide bonds. The molecule has 0 aromatic rings. The summed E-state index contributed by atoms with van der Waals surface area (Å²) in [5.74, 6) is -0.139. The summed E-state index contributed by atoms with van der Waals surface area (Å²) in [6, 6.07) is 0. The predicted octanol–water partition coefficient (Wildman–Crippen LogP) is 2.27. The lowest BCUT2D eigenvalue weighted by Gasteiger charge is -2.28. The smallest absolute Gasteiger partial charge is 0.307 e. The first-order chi connectivity index (χ1) is 5.11. The molecule has 3 unspecified atom stereocenters. The highest BCUT2D eigenvalue weighted by atomic mass is 79.9. The van der Waals surface area contributed by atoms with E-state index in [1.807, 2.05) is 0 Å². The van der Waals surface area contributed by atoms with E-state index in [1.165, 1.54) is 0 Å². The third-order valence-corrected chi connectivity index (χ3v) is 3.36. The van der Waals surface area contributed by atoms with Crippen LogP contribution in [-0.2, 0) is 4.79 Å². The molecule has 0 aromatic heterocycles. The van der Waals surface area contributed by atoms with Crippen molar-refractivity contribution in [3.8, 4) is 0 Å². The summed E-state index contributed by atoms with van der Waals surface area (Å²) in [6.07, 6.45) is 2.88. The lowest BCUT2D eigenvalue weighted by atomic mass is 9.83. The average molecular weight is 221 g/mol. The van der Waals surface area contributed by atoms with Crippen molar-refractivity contribution < 1.29 is 9.90 Å². The van der Waals surface area contributed by atoms with Gasteiger partial charge in [0.25, 0.3) is 0 Å². The third-order valence-electron chi connectivity index (χ3n) is 2.35. The van der Waals surface area contributed by atoms with Gasteiger partial charge in [-0.25, -0.2) is 0 Å². The van der Waals surface area contributed by atoms with Crippen LogP contribution in [0.3, 0.4) is 0 Å². The van der Waals surface area contributed by atoms with Gasteiger partial charge in [0.05, 0.1) is 5.92 Å². The molecule has 3 atom stereocenters. The number of hydrogen-bond acceptors (Lipinski definition) is 1. The minimum Gasteiger partial charge on any atom is -0.481 e. The maximum atomic E-state index is 10.6. The fourth-order valence-corrected chi connectivity index (χ4v) is 2.72. The number of carbonyl (C=O) groups is 1. The van der Waals surface area contributed by atoms with Gasteiger partial charge in [0.1, 0.15) is 0 Å². The van der Waals surface area contributed by atoms with Crippen LogP contribution >= 0.6 is 15.9 Å². The summed E-state index contributed by atoms with van der Waals surface area (Å²) >= 11 is 3.41. The molecule has 11 heavy (non-hydrogen) atoms. The third kappa shape index (κ3) is 2.19. The molecule has 0 saturated heterocycles. The van der Waals surface area contributed by atoms with Gasteiger partial charge in [0.15, 0.2) is 0 Å². The second-order valence-corrected chi connectivity index (χ2v) is 4.56. The Labute approximate surface area is 75.1 Å². The van der Waals surface area contributed by atoms with E-state index in [1.54, 1.807) is 0 Å². The minimum atomic E-state index is -0.654. The summed E-state index contributed by atoms with van der Waals surface area (Å²) in [6.45, 7) is 2.17. The van der Waals surface area contributed by atoms with Gasteiger partial charge in [0, 0.05) is 4.83 Å². The SMILES string of the molecule is CC1CCC(C(=O)O)C(Br)C1. The molecular formula is C8H13BrO2. The molecule has 1 N–H and O–H groups in total. The normalized spacial score (nSPS) is 38.5. The molecule has 1 aliphatic carbocycles. The number of carboxylic acid groups (broad SMARTS) is 1. The summed E-state index contributed by atoms with van der Waals surface area (Å²) < 4.78 is 0. The van der Waals surface area contributed by atoms with Crippen LogP contribution in [0.5, 0.6) is 0 Å². The summed E-state index contributed by atoms with van der Waals surface area (Å²) in [5.41, 5.74) is 0. The standard InChI is InChI=1S/C8H13BrO2/c1-5-2-3-6(8(10)11)7(9)4-5/h5-7H,2-4H2,1H3,(H,10,11). The molecule has 0 aliphatic heterocycles. The fraction of sp³-hybridized carbons (Fsp3) is 0.875. The molecule has 0 bridgehead atoms. The van der Waals surface area contributed by atoms with Crippen molar-refractivity contribution in [3.05, 3.63) is 0 Å². The number of alkyl halides is 1. The molecule has 1 aliphatic rings. The van der Waals surface area contributed by atoms with Crippen molar-refractivity contribution >= 4 is 21.9 Å². The van der Waals surface area contributed by atoms with Gasteiger partial charge >= 0.3 is 5.97 Å². The van der Waals surface area contributed by atoms with Gasteiger partial charge in [0.2, 0.25) is 0 Å². The quantitative estimate of drug-likeness (QED) is 0.689. The second kappa shape index (κ2) is 3.57. The van der Waals surface area contributed by atoms with E-state index in [4.69, 9.17) is 5.11 Å². The molecule has 1 rings (SSSR count). The number of carboxylic acids is 1. The van der Waals surface area contributed by atoms with Gasteiger partial charge in [-0.1, -0.05) is 22.9 Å². The van der Waals surface area contributed by atoms with E-state index >= 15 is 0 Å². The van der Waals surface area contributed by atoms with Crippen molar-refractivity contribution in [2.24, 2.45) is 11.8 Å². The van der Waals surface area contributed by atoms with E-state index < -0.39 is 5.97 Å². The molecule has 64 valence electrons. The van der Waals surface area contributed by atoms with Crippen molar-refractivity contribution in [2.75, 3.05) is 0 Å². The van der Waals surface area contributed by atoms with Crippen molar-refractivity contribution in [3.63, 3.8) is 0 Å². The zero-order valence-corrected chi connectivity index (χ0v) is 8.17. The number of halogens is 1. The van der Waals surface area contributed by atoms with Gasteiger partial charge in [-0.05, 0) is 25.2 Å². The van der Waals surface area contributed by atoms with Crippen LogP contribution in [-0.4, -0.2) is 15.9 Å². The highest BCUT2D eigenvalue weighted by Gasteiger charge is 2.31. The molecule has 2 nitrogen and oxygen atoms in total. The Balaban J connectivity index is 2.50. The van der Waals surface area contributed by atoms with E-state index in [9.17, 15) is 4.79 Å². The zero-order valence-electron chi connectivity index (χ0n) is 6.59. The van der Waals surface area contributed by atoms with Crippen LogP contribution in [0.2, 0.25) is 0 Å². The van der Waals surface area contributed by atoms with Crippen molar-refractivity contribution in [1.82, 2.24) is 0 Å². The van der Waals surface area contributed by atoms with Gasteiger partial charge < -0.3 is 5.11 Å². The highest BCUT2D eigenvalue weighted by Crippen LogP contribution is 2.33. The second-order valence-electron chi connectivity index (χ2n) is 3.38. The summed E-state index contributed by atoms with van der Waals surface area (Å²) in [7, 11) is 0. The molecular weight excluding hydrogens is 208 g/mol. The fourth-order valence-electron chi connectivity index (χ4n) is 1.59.